The highest BCUT2D eigenvalue weighted by Crippen LogP contribution is 2.02. The Morgan fingerprint density at radius 2 is 2.18 bits per heavy atom. The van der Waals surface area contributed by atoms with E-state index < -0.39 is 5.91 Å². The van der Waals surface area contributed by atoms with Crippen molar-refractivity contribution >= 4 is 11.6 Å². The van der Waals surface area contributed by atoms with Crippen LogP contribution in [0.5, 0.6) is 0 Å². The third-order valence-electron chi connectivity index (χ3n) is 3.18. The van der Waals surface area contributed by atoms with Gasteiger partial charge in [0.1, 0.15) is 11.2 Å². The number of carbonyl (C=O) groups is 1. The molecule has 0 spiro atoms. The van der Waals surface area contributed by atoms with Crippen LogP contribution in [0.1, 0.15) is 15.9 Å². The van der Waals surface area contributed by atoms with Crippen molar-refractivity contribution in [2.45, 2.75) is 6.92 Å². The molecule has 0 aromatic carbocycles. The van der Waals surface area contributed by atoms with Crippen molar-refractivity contribution in [1.82, 2.24) is 20.0 Å². The number of aromatic nitrogens is 2. The monoisotopic (exact) mass is 304 g/mol. The predicted octanol–water partition coefficient (Wildman–Crippen LogP) is -0.0313. The van der Waals surface area contributed by atoms with E-state index in [1.165, 1.54) is 10.6 Å². The number of aryl methyl sites for hydroxylation is 1. The summed E-state index contributed by atoms with van der Waals surface area (Å²) in [4.78, 5) is 28.5. The topological polar surface area (TPSA) is 84.7 Å². The van der Waals surface area contributed by atoms with E-state index in [2.05, 4.69) is 15.6 Å². The number of pyridine rings is 1. The van der Waals surface area contributed by atoms with Gasteiger partial charge >= 0.3 is 0 Å². The summed E-state index contributed by atoms with van der Waals surface area (Å²) >= 11 is 0. The Hall–Kier alpha value is -2.25. The van der Waals surface area contributed by atoms with Gasteiger partial charge in [0.05, 0.1) is 6.61 Å². The van der Waals surface area contributed by atoms with E-state index in [1.807, 2.05) is 6.92 Å². The summed E-state index contributed by atoms with van der Waals surface area (Å²) in [5.74, 6) is -0.416. The van der Waals surface area contributed by atoms with Gasteiger partial charge in [-0.1, -0.05) is 0 Å². The highest BCUT2D eigenvalue weighted by atomic mass is 16.5. The first-order valence-corrected chi connectivity index (χ1v) is 7.09. The molecule has 2 N–H and O–H groups in total. The minimum Gasteiger partial charge on any atom is -0.383 e. The van der Waals surface area contributed by atoms with Crippen LogP contribution in [-0.2, 0) is 4.74 Å². The van der Waals surface area contributed by atoms with E-state index in [1.54, 1.807) is 25.4 Å². The summed E-state index contributed by atoms with van der Waals surface area (Å²) in [5.41, 5.74) is 1.21. The van der Waals surface area contributed by atoms with Crippen molar-refractivity contribution in [1.29, 1.82) is 0 Å². The van der Waals surface area contributed by atoms with Gasteiger partial charge < -0.3 is 15.4 Å². The number of nitrogens with zero attached hydrogens (tertiary/aromatic N) is 2. The molecule has 0 unspecified atom stereocenters. The lowest BCUT2D eigenvalue weighted by Gasteiger charge is -2.07. The van der Waals surface area contributed by atoms with Gasteiger partial charge in [0, 0.05) is 39.1 Å². The molecule has 0 fully saturated rings. The van der Waals surface area contributed by atoms with Gasteiger partial charge in [0.2, 0.25) is 0 Å². The molecule has 0 aliphatic heterocycles. The molecular formula is C15H20N4O3. The second kappa shape index (κ2) is 7.67. The summed E-state index contributed by atoms with van der Waals surface area (Å²) in [6.45, 7) is 4.29. The molecule has 0 bridgehead atoms. The van der Waals surface area contributed by atoms with Crippen LogP contribution in [0.25, 0.3) is 5.65 Å². The van der Waals surface area contributed by atoms with Crippen LogP contribution < -0.4 is 16.2 Å². The first kappa shape index (κ1) is 16.1. The average molecular weight is 304 g/mol. The third-order valence-corrected chi connectivity index (χ3v) is 3.18. The number of rotatable bonds is 7. The molecule has 2 aromatic heterocycles. The number of fused-ring (bicyclic) bond motifs is 1. The Kier molecular flexibility index (Phi) is 5.62. The van der Waals surface area contributed by atoms with Gasteiger partial charge in [0.25, 0.3) is 11.5 Å². The van der Waals surface area contributed by atoms with Crippen LogP contribution in [0.4, 0.5) is 0 Å². The van der Waals surface area contributed by atoms with E-state index in [0.717, 1.165) is 5.56 Å². The third kappa shape index (κ3) is 3.90. The van der Waals surface area contributed by atoms with Gasteiger partial charge in [-0.2, -0.15) is 0 Å². The van der Waals surface area contributed by atoms with E-state index in [4.69, 9.17) is 4.74 Å². The molecule has 1 amide bonds. The molecular weight excluding hydrogens is 284 g/mol. The fraction of sp³-hybridized carbons (Fsp3) is 0.400. The van der Waals surface area contributed by atoms with Crippen LogP contribution >= 0.6 is 0 Å². The Balaban J connectivity index is 2.01. The number of carbonyl (C=O) groups excluding carboxylic acids is 1. The lowest BCUT2D eigenvalue weighted by atomic mass is 10.2. The summed E-state index contributed by atoms with van der Waals surface area (Å²) in [7, 11) is 1.63. The maximum atomic E-state index is 12.3. The molecule has 0 aliphatic rings. The van der Waals surface area contributed by atoms with E-state index >= 15 is 0 Å². The van der Waals surface area contributed by atoms with Crippen molar-refractivity contribution in [3.63, 3.8) is 0 Å². The van der Waals surface area contributed by atoms with Gasteiger partial charge in [0.15, 0.2) is 0 Å². The van der Waals surface area contributed by atoms with Gasteiger partial charge in [-0.3, -0.25) is 14.0 Å². The Morgan fingerprint density at radius 1 is 1.36 bits per heavy atom. The summed E-state index contributed by atoms with van der Waals surface area (Å²) in [6, 6.07) is 3.60. The number of hydrogen-bond donors (Lipinski definition) is 2. The fourth-order valence-electron chi connectivity index (χ4n) is 1.99. The predicted molar refractivity (Wildman–Crippen MR) is 83.3 cm³/mol. The van der Waals surface area contributed by atoms with Crippen molar-refractivity contribution < 1.29 is 9.53 Å². The Bertz CT molecular complexity index is 711. The number of hydrogen-bond acceptors (Lipinski definition) is 5. The number of nitrogens with one attached hydrogen (secondary N) is 2. The highest BCUT2D eigenvalue weighted by Gasteiger charge is 2.12. The van der Waals surface area contributed by atoms with Crippen LogP contribution in [0, 0.1) is 6.92 Å². The van der Waals surface area contributed by atoms with E-state index in [-0.39, 0.29) is 11.1 Å². The minimum absolute atomic E-state index is 0.0400. The quantitative estimate of drug-likeness (QED) is 0.702. The fourth-order valence-corrected chi connectivity index (χ4v) is 1.99. The number of ether oxygens (including phenoxy) is 1. The molecule has 2 heterocycles. The molecule has 7 heteroatoms. The first-order chi connectivity index (χ1) is 10.6. The van der Waals surface area contributed by atoms with Crippen molar-refractivity contribution in [3.8, 4) is 0 Å². The lowest BCUT2D eigenvalue weighted by molar-refractivity contribution is 0.0951. The highest BCUT2D eigenvalue weighted by molar-refractivity contribution is 5.93. The maximum absolute atomic E-state index is 12.3. The van der Waals surface area contributed by atoms with Gasteiger partial charge in [-0.15, -0.1) is 0 Å². The Morgan fingerprint density at radius 3 is 2.95 bits per heavy atom. The molecule has 22 heavy (non-hydrogen) atoms. The normalized spacial score (nSPS) is 10.8. The second-order valence-electron chi connectivity index (χ2n) is 4.91. The van der Waals surface area contributed by atoms with E-state index in [9.17, 15) is 9.59 Å². The molecule has 2 rings (SSSR count). The molecule has 0 saturated carbocycles. The molecule has 2 aromatic rings. The minimum atomic E-state index is -0.416. The van der Waals surface area contributed by atoms with Crippen LogP contribution in [0.15, 0.2) is 29.3 Å². The van der Waals surface area contributed by atoms with Crippen molar-refractivity contribution in [2.24, 2.45) is 0 Å². The number of amides is 1. The molecule has 0 aliphatic carbocycles. The summed E-state index contributed by atoms with van der Waals surface area (Å²) < 4.78 is 6.28. The average Bonchev–Trinajstić information content (AvgIpc) is 2.50. The largest absolute Gasteiger partial charge is 0.383 e. The molecule has 7 nitrogen and oxygen atoms in total. The standard InChI is InChI=1S/C15H20N4O3/c1-11-3-7-19-13(9-11)18-10-12(15(19)21)14(20)17-5-4-16-6-8-22-2/h3,7,9-10,16H,4-6,8H2,1-2H3,(H,17,20). The van der Waals surface area contributed by atoms with Crippen LogP contribution in [0.2, 0.25) is 0 Å². The zero-order chi connectivity index (χ0) is 15.9. The summed E-state index contributed by atoms with van der Waals surface area (Å²) in [5, 5.41) is 5.80. The molecule has 0 saturated heterocycles. The second-order valence-corrected chi connectivity index (χ2v) is 4.91. The summed E-state index contributed by atoms with van der Waals surface area (Å²) in [6.07, 6.45) is 2.95. The Labute approximate surface area is 128 Å². The number of methoxy groups -OCH3 is 1. The van der Waals surface area contributed by atoms with Crippen LogP contribution in [-0.4, -0.2) is 48.6 Å². The molecule has 0 atom stereocenters. The maximum Gasteiger partial charge on any atom is 0.270 e. The molecule has 0 radical (unpaired) electrons. The first-order valence-electron chi connectivity index (χ1n) is 7.09. The smallest absolute Gasteiger partial charge is 0.270 e. The van der Waals surface area contributed by atoms with Crippen LogP contribution in [0.3, 0.4) is 0 Å². The van der Waals surface area contributed by atoms with Crippen molar-refractivity contribution in [2.75, 3.05) is 33.4 Å². The molecule has 118 valence electrons. The zero-order valence-electron chi connectivity index (χ0n) is 12.8. The zero-order valence-corrected chi connectivity index (χ0v) is 12.8. The lowest BCUT2D eigenvalue weighted by Crippen LogP contribution is -2.36. The van der Waals surface area contributed by atoms with Crippen molar-refractivity contribution in [3.05, 3.63) is 46.0 Å². The van der Waals surface area contributed by atoms with Gasteiger partial charge in [-0.05, 0) is 24.6 Å². The van der Waals surface area contributed by atoms with E-state index in [0.29, 0.717) is 31.9 Å². The van der Waals surface area contributed by atoms with Gasteiger partial charge in [-0.25, -0.2) is 4.98 Å². The SMILES string of the molecule is COCCNCCNC(=O)c1cnc2cc(C)ccn2c1=O.